The second-order valence-corrected chi connectivity index (χ2v) is 5.17. The van der Waals surface area contributed by atoms with Gasteiger partial charge in [-0.2, -0.15) is 0 Å². The van der Waals surface area contributed by atoms with Crippen molar-refractivity contribution in [3.05, 3.63) is 29.8 Å². The van der Waals surface area contributed by atoms with E-state index in [4.69, 9.17) is 10.5 Å². The zero-order valence-electron chi connectivity index (χ0n) is 11.6. The molecule has 1 amide bonds. The molecule has 0 fully saturated rings. The summed E-state index contributed by atoms with van der Waals surface area (Å²) in [6.45, 7) is 4.30. The zero-order chi connectivity index (χ0) is 14.5. The molecule has 1 aromatic carbocycles. The highest BCUT2D eigenvalue weighted by Gasteiger charge is 2.24. The van der Waals surface area contributed by atoms with E-state index in [1.165, 1.54) is 0 Å². The summed E-state index contributed by atoms with van der Waals surface area (Å²) in [6.07, 6.45) is -0.654. The number of nitrogens with two attached hydrogens (primary N) is 1. The van der Waals surface area contributed by atoms with Crippen LogP contribution in [0.3, 0.4) is 0 Å². The zero-order valence-corrected chi connectivity index (χ0v) is 11.6. The summed E-state index contributed by atoms with van der Waals surface area (Å²) in [5, 5.41) is 13.1. The number of carbonyl (C=O) groups excluding carboxylic acids is 1. The molecule has 0 aliphatic rings. The number of ether oxygens (including phenoxy) is 1. The van der Waals surface area contributed by atoms with Crippen LogP contribution >= 0.6 is 0 Å². The molecule has 0 bridgehead atoms. The maximum absolute atomic E-state index is 11.2. The van der Waals surface area contributed by atoms with Crippen LogP contribution in [0.15, 0.2) is 24.3 Å². The molecule has 1 aromatic rings. The Hall–Kier alpha value is -1.59. The molecule has 0 radical (unpaired) electrons. The average molecular weight is 266 g/mol. The molecule has 106 valence electrons. The monoisotopic (exact) mass is 266 g/mol. The smallest absolute Gasteiger partial charge is 0.224 e. The molecule has 1 atom stereocenters. The predicted octanol–water partition coefficient (Wildman–Crippen LogP) is 0.830. The fraction of sp³-hybridized carbons (Fsp3) is 0.500. The topological polar surface area (TPSA) is 84.6 Å². The van der Waals surface area contributed by atoms with E-state index < -0.39 is 11.5 Å². The summed E-state index contributed by atoms with van der Waals surface area (Å²) < 4.78 is 5.10. The van der Waals surface area contributed by atoms with Crippen molar-refractivity contribution in [2.75, 3.05) is 20.2 Å². The van der Waals surface area contributed by atoms with Gasteiger partial charge in [-0.3, -0.25) is 4.79 Å². The van der Waals surface area contributed by atoms with Crippen LogP contribution in [0.1, 0.15) is 25.5 Å². The Morgan fingerprint density at radius 1 is 1.53 bits per heavy atom. The van der Waals surface area contributed by atoms with Gasteiger partial charge in [-0.25, -0.2) is 0 Å². The number of rotatable bonds is 7. The minimum atomic E-state index is -0.654. The average Bonchev–Trinajstić information content (AvgIpc) is 2.38. The van der Waals surface area contributed by atoms with Gasteiger partial charge in [-0.1, -0.05) is 12.1 Å². The highest BCUT2D eigenvalue weighted by Crippen LogP contribution is 2.19. The molecule has 0 aliphatic heterocycles. The van der Waals surface area contributed by atoms with Gasteiger partial charge in [0.2, 0.25) is 5.91 Å². The molecule has 4 N–H and O–H groups in total. The van der Waals surface area contributed by atoms with Gasteiger partial charge in [0.1, 0.15) is 5.75 Å². The van der Waals surface area contributed by atoms with Gasteiger partial charge in [-0.15, -0.1) is 0 Å². The summed E-state index contributed by atoms with van der Waals surface area (Å²) in [7, 11) is 1.58. The summed E-state index contributed by atoms with van der Waals surface area (Å²) in [5.41, 5.74) is 5.41. The molecule has 0 heterocycles. The Bertz CT molecular complexity index is 432. The number of nitrogens with one attached hydrogen (secondary N) is 1. The lowest BCUT2D eigenvalue weighted by Crippen LogP contribution is -2.41. The Kier molecular flexibility index (Phi) is 5.32. The second kappa shape index (κ2) is 6.54. The van der Waals surface area contributed by atoms with Crippen molar-refractivity contribution in [2.45, 2.75) is 20.0 Å². The number of hydrogen-bond acceptors (Lipinski definition) is 4. The maximum atomic E-state index is 11.2. The first-order valence-electron chi connectivity index (χ1n) is 6.19. The van der Waals surface area contributed by atoms with Crippen LogP contribution in [0.4, 0.5) is 0 Å². The van der Waals surface area contributed by atoms with Crippen LogP contribution in [-0.4, -0.2) is 31.2 Å². The second-order valence-electron chi connectivity index (χ2n) is 5.17. The molecule has 19 heavy (non-hydrogen) atoms. The van der Waals surface area contributed by atoms with Crippen LogP contribution in [0.25, 0.3) is 0 Å². The molecular formula is C14H22N2O3. The van der Waals surface area contributed by atoms with Gasteiger partial charge in [0.05, 0.1) is 18.6 Å². The number of carbonyl (C=O) groups is 1. The summed E-state index contributed by atoms with van der Waals surface area (Å²) in [6, 6.07) is 7.25. The van der Waals surface area contributed by atoms with Crippen LogP contribution in [0.2, 0.25) is 0 Å². The number of benzene rings is 1. The van der Waals surface area contributed by atoms with E-state index >= 15 is 0 Å². The Labute approximate surface area is 113 Å². The molecule has 0 aromatic heterocycles. The lowest BCUT2D eigenvalue weighted by Gasteiger charge is -2.22. The lowest BCUT2D eigenvalue weighted by molar-refractivity contribution is -0.125. The Morgan fingerprint density at radius 3 is 2.79 bits per heavy atom. The van der Waals surface area contributed by atoms with Gasteiger partial charge in [0.25, 0.3) is 0 Å². The first-order chi connectivity index (χ1) is 8.86. The first-order valence-corrected chi connectivity index (χ1v) is 6.19. The third-order valence-corrected chi connectivity index (χ3v) is 3.05. The van der Waals surface area contributed by atoms with E-state index in [0.717, 1.165) is 5.56 Å². The van der Waals surface area contributed by atoms with E-state index in [1.807, 2.05) is 18.2 Å². The third-order valence-electron chi connectivity index (χ3n) is 3.05. The van der Waals surface area contributed by atoms with Crippen molar-refractivity contribution in [2.24, 2.45) is 11.1 Å². The van der Waals surface area contributed by atoms with E-state index in [1.54, 1.807) is 27.0 Å². The quantitative estimate of drug-likeness (QED) is 0.682. The number of aliphatic hydroxyl groups excluding tert-OH is 1. The van der Waals surface area contributed by atoms with Crippen molar-refractivity contribution in [3.63, 3.8) is 0 Å². The fourth-order valence-electron chi connectivity index (χ4n) is 1.58. The van der Waals surface area contributed by atoms with Crippen molar-refractivity contribution >= 4 is 5.91 Å². The lowest BCUT2D eigenvalue weighted by atomic mass is 9.92. The predicted molar refractivity (Wildman–Crippen MR) is 73.8 cm³/mol. The fourth-order valence-corrected chi connectivity index (χ4v) is 1.58. The summed E-state index contributed by atoms with van der Waals surface area (Å²) >= 11 is 0. The number of methoxy groups -OCH3 is 1. The molecule has 0 saturated carbocycles. The Balaban J connectivity index is 2.51. The number of amides is 1. The summed E-state index contributed by atoms with van der Waals surface area (Å²) in [4.78, 5) is 11.2. The van der Waals surface area contributed by atoms with Crippen LogP contribution < -0.4 is 15.8 Å². The number of aliphatic hydroxyl groups is 1. The number of primary amides is 1. The normalized spacial score (nSPS) is 13.1. The molecule has 1 unspecified atom stereocenters. The highest BCUT2D eigenvalue weighted by molar-refractivity contribution is 5.80. The van der Waals surface area contributed by atoms with Gasteiger partial charge >= 0.3 is 0 Å². The van der Waals surface area contributed by atoms with Crippen molar-refractivity contribution in [1.82, 2.24) is 5.32 Å². The van der Waals surface area contributed by atoms with E-state index in [-0.39, 0.29) is 5.91 Å². The summed E-state index contributed by atoms with van der Waals surface area (Å²) in [5.74, 6) is 0.338. The van der Waals surface area contributed by atoms with Crippen LogP contribution in [-0.2, 0) is 4.79 Å². The van der Waals surface area contributed by atoms with Gasteiger partial charge in [0.15, 0.2) is 0 Å². The van der Waals surface area contributed by atoms with E-state index in [9.17, 15) is 9.90 Å². The Morgan fingerprint density at radius 2 is 2.21 bits per heavy atom. The van der Waals surface area contributed by atoms with Crippen LogP contribution in [0.5, 0.6) is 5.75 Å². The van der Waals surface area contributed by atoms with Crippen LogP contribution in [0, 0.1) is 5.41 Å². The maximum Gasteiger partial charge on any atom is 0.224 e. The molecule has 0 aliphatic carbocycles. The molecule has 0 spiro atoms. The molecule has 1 rings (SSSR count). The standard InChI is InChI=1S/C14H22N2O3/c1-14(2,13(15)18)9-16-8-12(17)10-5-4-6-11(7-10)19-3/h4-7,12,16-17H,8-9H2,1-3H3,(H2,15,18). The van der Waals surface area contributed by atoms with Crippen molar-refractivity contribution in [3.8, 4) is 5.75 Å². The van der Waals surface area contributed by atoms with Gasteiger partial charge < -0.3 is 20.9 Å². The minimum absolute atomic E-state index is 0.351. The number of hydrogen-bond donors (Lipinski definition) is 3. The highest BCUT2D eigenvalue weighted by atomic mass is 16.5. The van der Waals surface area contributed by atoms with E-state index in [2.05, 4.69) is 5.32 Å². The van der Waals surface area contributed by atoms with Crippen molar-refractivity contribution in [1.29, 1.82) is 0 Å². The minimum Gasteiger partial charge on any atom is -0.497 e. The third kappa shape index (κ3) is 4.54. The SMILES string of the molecule is COc1cccc(C(O)CNCC(C)(C)C(N)=O)c1. The largest absolute Gasteiger partial charge is 0.497 e. The molecule has 5 heteroatoms. The van der Waals surface area contributed by atoms with E-state index in [0.29, 0.717) is 18.8 Å². The van der Waals surface area contributed by atoms with Gasteiger partial charge in [0, 0.05) is 13.1 Å². The van der Waals surface area contributed by atoms with Crippen molar-refractivity contribution < 1.29 is 14.6 Å². The van der Waals surface area contributed by atoms with Gasteiger partial charge in [-0.05, 0) is 31.5 Å². The first kappa shape index (κ1) is 15.5. The molecular weight excluding hydrogens is 244 g/mol. The molecule has 0 saturated heterocycles. The molecule has 5 nitrogen and oxygen atoms in total.